The molecule has 0 aliphatic carbocycles. The fraction of sp³-hybridized carbons (Fsp3) is 0.538. The van der Waals surface area contributed by atoms with Crippen molar-refractivity contribution in [1.29, 1.82) is 0 Å². The smallest absolute Gasteiger partial charge is 0.123 e. The molecule has 96 valence electrons. The van der Waals surface area contributed by atoms with Crippen LogP contribution < -0.4 is 5.32 Å². The Labute approximate surface area is 102 Å². The molecule has 1 aromatic carbocycles. The van der Waals surface area contributed by atoms with Crippen LogP contribution in [0.4, 0.5) is 4.39 Å². The fourth-order valence-corrected chi connectivity index (χ4v) is 1.49. The zero-order chi connectivity index (χ0) is 12.7. The number of rotatable bonds is 7. The average Bonchev–Trinajstić information content (AvgIpc) is 2.34. The second-order valence-corrected chi connectivity index (χ2v) is 3.99. The third-order valence-electron chi connectivity index (χ3n) is 2.54. The van der Waals surface area contributed by atoms with Crippen molar-refractivity contribution in [2.24, 2.45) is 0 Å². The maximum atomic E-state index is 12.7. The minimum absolute atomic E-state index is 0.0758. The highest BCUT2D eigenvalue weighted by atomic mass is 19.1. The van der Waals surface area contributed by atoms with Crippen LogP contribution in [0.5, 0.6) is 0 Å². The third-order valence-corrected chi connectivity index (χ3v) is 2.54. The molecule has 1 aromatic rings. The van der Waals surface area contributed by atoms with Gasteiger partial charge in [-0.05, 0) is 31.5 Å². The molecule has 0 spiro atoms. The number of halogens is 1. The van der Waals surface area contributed by atoms with Crippen molar-refractivity contribution in [3.63, 3.8) is 0 Å². The van der Waals surface area contributed by atoms with Gasteiger partial charge in [0.1, 0.15) is 5.82 Å². The Morgan fingerprint density at radius 1 is 1.35 bits per heavy atom. The van der Waals surface area contributed by atoms with Crippen molar-refractivity contribution in [2.75, 3.05) is 19.8 Å². The molecule has 2 atom stereocenters. The molecule has 0 saturated carbocycles. The van der Waals surface area contributed by atoms with E-state index in [9.17, 15) is 9.50 Å². The molecule has 1 rings (SSSR count). The summed E-state index contributed by atoms with van der Waals surface area (Å²) >= 11 is 0. The number of nitrogens with one attached hydrogen (secondary N) is 1. The van der Waals surface area contributed by atoms with E-state index < -0.39 is 6.10 Å². The normalized spacial score (nSPS) is 14.6. The predicted octanol–water partition coefficient (Wildman–Crippen LogP) is 1.87. The van der Waals surface area contributed by atoms with E-state index in [1.807, 2.05) is 13.8 Å². The molecule has 0 aromatic heterocycles. The van der Waals surface area contributed by atoms with Crippen LogP contribution in [0.15, 0.2) is 24.3 Å². The summed E-state index contributed by atoms with van der Waals surface area (Å²) in [5.41, 5.74) is 0.995. The van der Waals surface area contributed by atoms with E-state index in [4.69, 9.17) is 4.74 Å². The van der Waals surface area contributed by atoms with Gasteiger partial charge in [-0.3, -0.25) is 0 Å². The Hall–Kier alpha value is -0.970. The van der Waals surface area contributed by atoms with Crippen LogP contribution in [-0.4, -0.2) is 31.0 Å². The Balaban J connectivity index is 2.34. The number of benzene rings is 1. The van der Waals surface area contributed by atoms with Crippen LogP contribution in [0.25, 0.3) is 0 Å². The van der Waals surface area contributed by atoms with Gasteiger partial charge in [0.05, 0.1) is 12.7 Å². The van der Waals surface area contributed by atoms with Crippen LogP contribution in [0.2, 0.25) is 0 Å². The molecule has 0 saturated heterocycles. The first-order chi connectivity index (χ1) is 8.13. The number of aliphatic hydroxyl groups excluding tert-OH is 1. The molecule has 0 amide bonds. The van der Waals surface area contributed by atoms with E-state index in [0.29, 0.717) is 19.8 Å². The molecule has 2 N–H and O–H groups in total. The van der Waals surface area contributed by atoms with E-state index in [1.54, 1.807) is 12.1 Å². The van der Waals surface area contributed by atoms with Gasteiger partial charge in [0, 0.05) is 19.2 Å². The Kier molecular flexibility index (Phi) is 6.11. The van der Waals surface area contributed by atoms with Gasteiger partial charge in [-0.1, -0.05) is 12.1 Å². The first kappa shape index (κ1) is 14.1. The average molecular weight is 241 g/mol. The third kappa shape index (κ3) is 5.26. The number of aliphatic hydroxyl groups is 1. The summed E-state index contributed by atoms with van der Waals surface area (Å²) in [6, 6.07) is 6.42. The van der Waals surface area contributed by atoms with Crippen LogP contribution in [0, 0.1) is 5.82 Å². The molecule has 0 aliphatic rings. The minimum Gasteiger partial charge on any atom is -0.389 e. The first-order valence-electron chi connectivity index (χ1n) is 5.88. The Morgan fingerprint density at radius 2 is 2.00 bits per heavy atom. The summed E-state index contributed by atoms with van der Waals surface area (Å²) < 4.78 is 17.8. The number of ether oxygens (including phenoxy) is 1. The molecule has 0 heterocycles. The summed E-state index contributed by atoms with van der Waals surface area (Å²) in [7, 11) is 0. The largest absolute Gasteiger partial charge is 0.389 e. The van der Waals surface area contributed by atoms with Gasteiger partial charge in [0.15, 0.2) is 0 Å². The van der Waals surface area contributed by atoms with Crippen molar-refractivity contribution in [3.05, 3.63) is 35.6 Å². The fourth-order valence-electron chi connectivity index (χ4n) is 1.49. The molecule has 0 bridgehead atoms. The zero-order valence-corrected chi connectivity index (χ0v) is 10.3. The monoisotopic (exact) mass is 241 g/mol. The SMILES string of the molecule is CCOCC(O)CN[C@@H](C)c1ccc(F)cc1. The van der Waals surface area contributed by atoms with E-state index in [2.05, 4.69) is 5.32 Å². The highest BCUT2D eigenvalue weighted by Crippen LogP contribution is 2.12. The van der Waals surface area contributed by atoms with Gasteiger partial charge in [-0.15, -0.1) is 0 Å². The van der Waals surface area contributed by atoms with E-state index in [-0.39, 0.29) is 11.9 Å². The van der Waals surface area contributed by atoms with Crippen LogP contribution in [0.1, 0.15) is 25.5 Å². The van der Waals surface area contributed by atoms with E-state index in [1.165, 1.54) is 12.1 Å². The minimum atomic E-state index is -0.516. The van der Waals surface area contributed by atoms with Gasteiger partial charge in [0.2, 0.25) is 0 Å². The van der Waals surface area contributed by atoms with Crippen LogP contribution in [0.3, 0.4) is 0 Å². The molecule has 17 heavy (non-hydrogen) atoms. The van der Waals surface area contributed by atoms with E-state index >= 15 is 0 Å². The van der Waals surface area contributed by atoms with Gasteiger partial charge >= 0.3 is 0 Å². The van der Waals surface area contributed by atoms with Crippen molar-refractivity contribution < 1.29 is 14.2 Å². The Morgan fingerprint density at radius 3 is 2.59 bits per heavy atom. The lowest BCUT2D eigenvalue weighted by Crippen LogP contribution is -2.32. The van der Waals surface area contributed by atoms with Crippen molar-refractivity contribution in [3.8, 4) is 0 Å². The second-order valence-electron chi connectivity index (χ2n) is 3.99. The summed E-state index contributed by atoms with van der Waals surface area (Å²) in [5, 5.41) is 12.7. The highest BCUT2D eigenvalue weighted by Gasteiger charge is 2.08. The maximum Gasteiger partial charge on any atom is 0.123 e. The molecule has 0 aliphatic heterocycles. The van der Waals surface area contributed by atoms with Gasteiger partial charge in [-0.25, -0.2) is 4.39 Å². The first-order valence-corrected chi connectivity index (χ1v) is 5.88. The standard InChI is InChI=1S/C13H20FNO2/c1-3-17-9-13(16)8-15-10(2)11-4-6-12(14)7-5-11/h4-7,10,13,15-16H,3,8-9H2,1-2H3/t10-,13?/m0/s1. The molecule has 0 radical (unpaired) electrons. The number of hydrogen-bond acceptors (Lipinski definition) is 3. The Bertz CT molecular complexity index is 316. The lowest BCUT2D eigenvalue weighted by atomic mass is 10.1. The maximum absolute atomic E-state index is 12.7. The predicted molar refractivity (Wildman–Crippen MR) is 65.3 cm³/mol. The lowest BCUT2D eigenvalue weighted by molar-refractivity contribution is 0.0416. The molecular weight excluding hydrogens is 221 g/mol. The highest BCUT2D eigenvalue weighted by molar-refractivity contribution is 5.19. The van der Waals surface area contributed by atoms with E-state index in [0.717, 1.165) is 5.56 Å². The summed E-state index contributed by atoms with van der Waals surface area (Å²) in [6.45, 7) is 5.25. The lowest BCUT2D eigenvalue weighted by Gasteiger charge is -2.17. The van der Waals surface area contributed by atoms with Gasteiger partial charge < -0.3 is 15.2 Å². The second kappa shape index (κ2) is 7.37. The summed E-state index contributed by atoms with van der Waals surface area (Å²) in [4.78, 5) is 0. The molecule has 0 fully saturated rings. The molecule has 1 unspecified atom stereocenters. The zero-order valence-electron chi connectivity index (χ0n) is 10.3. The molecule has 4 heteroatoms. The topological polar surface area (TPSA) is 41.5 Å². The molecular formula is C13H20FNO2. The quantitative estimate of drug-likeness (QED) is 0.765. The summed E-state index contributed by atoms with van der Waals surface area (Å²) in [6.07, 6.45) is -0.516. The van der Waals surface area contributed by atoms with Crippen molar-refractivity contribution in [2.45, 2.75) is 26.0 Å². The molecule has 3 nitrogen and oxygen atoms in total. The van der Waals surface area contributed by atoms with Crippen LogP contribution in [-0.2, 0) is 4.74 Å². The van der Waals surface area contributed by atoms with Gasteiger partial charge in [0.25, 0.3) is 0 Å². The van der Waals surface area contributed by atoms with Gasteiger partial charge in [-0.2, -0.15) is 0 Å². The van der Waals surface area contributed by atoms with Crippen molar-refractivity contribution in [1.82, 2.24) is 5.32 Å². The number of hydrogen-bond donors (Lipinski definition) is 2. The van der Waals surface area contributed by atoms with Crippen LogP contribution >= 0.6 is 0 Å². The summed E-state index contributed by atoms with van der Waals surface area (Å²) in [5.74, 6) is -0.239. The van der Waals surface area contributed by atoms with Crippen molar-refractivity contribution >= 4 is 0 Å².